The van der Waals surface area contributed by atoms with Crippen LogP contribution in [-0.2, 0) is 0 Å². The molecule has 0 unspecified atom stereocenters. The van der Waals surface area contributed by atoms with Crippen molar-refractivity contribution in [2.24, 2.45) is 0 Å². The standard InChI is InChI=1S/C16H21N3OS/c1-2-12(1)16-18-14-4-3-13(11-15(14)21-16)20-10-9-19-7-5-17-6-8-19/h3-4,11-12,17H,1-2,5-10H2. The molecule has 1 aliphatic heterocycles. The number of hydrogen-bond acceptors (Lipinski definition) is 5. The van der Waals surface area contributed by atoms with Crippen LogP contribution >= 0.6 is 11.3 Å². The second-order valence-corrected chi connectivity index (χ2v) is 6.96. The summed E-state index contributed by atoms with van der Waals surface area (Å²) in [6, 6.07) is 6.30. The molecule has 112 valence electrons. The minimum atomic E-state index is 0.736. The van der Waals surface area contributed by atoms with E-state index in [0.717, 1.165) is 56.5 Å². The van der Waals surface area contributed by atoms with E-state index in [1.165, 1.54) is 22.5 Å². The molecule has 2 aromatic rings. The fourth-order valence-electron chi connectivity index (χ4n) is 2.74. The first-order chi connectivity index (χ1) is 10.4. The molecule has 0 atom stereocenters. The Balaban J connectivity index is 1.37. The molecule has 2 aliphatic rings. The zero-order valence-corrected chi connectivity index (χ0v) is 13.0. The van der Waals surface area contributed by atoms with Crippen LogP contribution in [0.3, 0.4) is 0 Å². The van der Waals surface area contributed by atoms with Gasteiger partial charge in [0.25, 0.3) is 0 Å². The second-order valence-electron chi connectivity index (χ2n) is 5.90. The lowest BCUT2D eigenvalue weighted by Crippen LogP contribution is -2.44. The quantitative estimate of drug-likeness (QED) is 0.921. The smallest absolute Gasteiger partial charge is 0.120 e. The Bertz CT molecular complexity index is 617. The van der Waals surface area contributed by atoms with Gasteiger partial charge in [-0.2, -0.15) is 0 Å². The highest BCUT2D eigenvalue weighted by molar-refractivity contribution is 7.18. The van der Waals surface area contributed by atoms with Gasteiger partial charge < -0.3 is 10.1 Å². The molecule has 1 aliphatic carbocycles. The predicted molar refractivity (Wildman–Crippen MR) is 86.4 cm³/mol. The van der Waals surface area contributed by atoms with Crippen molar-refractivity contribution in [3.05, 3.63) is 23.2 Å². The van der Waals surface area contributed by atoms with Crippen molar-refractivity contribution in [2.45, 2.75) is 18.8 Å². The van der Waals surface area contributed by atoms with E-state index in [1.54, 1.807) is 0 Å². The molecule has 2 fully saturated rings. The van der Waals surface area contributed by atoms with Gasteiger partial charge in [-0.25, -0.2) is 4.98 Å². The molecule has 0 amide bonds. The monoisotopic (exact) mass is 303 g/mol. The molecule has 5 heteroatoms. The number of hydrogen-bond donors (Lipinski definition) is 1. The third-order valence-corrected chi connectivity index (χ3v) is 5.37. The van der Waals surface area contributed by atoms with Crippen molar-refractivity contribution in [1.29, 1.82) is 0 Å². The predicted octanol–water partition coefficient (Wildman–Crippen LogP) is 2.46. The van der Waals surface area contributed by atoms with Crippen LogP contribution in [0.25, 0.3) is 10.2 Å². The minimum absolute atomic E-state index is 0.736. The number of benzene rings is 1. The third kappa shape index (κ3) is 3.20. The Morgan fingerprint density at radius 2 is 2.14 bits per heavy atom. The Morgan fingerprint density at radius 1 is 1.29 bits per heavy atom. The average Bonchev–Trinajstić information content (AvgIpc) is 3.28. The SMILES string of the molecule is c1cc2nc(C3CC3)sc2cc1OCCN1CCNCC1. The molecular weight excluding hydrogens is 282 g/mol. The number of ether oxygens (including phenoxy) is 1. The zero-order chi connectivity index (χ0) is 14.1. The number of thiazole rings is 1. The van der Waals surface area contributed by atoms with E-state index >= 15 is 0 Å². The molecule has 1 saturated heterocycles. The maximum Gasteiger partial charge on any atom is 0.120 e. The van der Waals surface area contributed by atoms with Crippen molar-refractivity contribution in [3.8, 4) is 5.75 Å². The van der Waals surface area contributed by atoms with Gasteiger partial charge in [-0.1, -0.05) is 0 Å². The third-order valence-electron chi connectivity index (χ3n) is 4.19. The first-order valence-corrected chi connectivity index (χ1v) is 8.66. The summed E-state index contributed by atoms with van der Waals surface area (Å²) >= 11 is 1.83. The second kappa shape index (κ2) is 5.91. The van der Waals surface area contributed by atoms with Gasteiger partial charge in [0.15, 0.2) is 0 Å². The molecule has 1 saturated carbocycles. The number of fused-ring (bicyclic) bond motifs is 1. The largest absolute Gasteiger partial charge is 0.492 e. The molecule has 1 aromatic heterocycles. The summed E-state index contributed by atoms with van der Waals surface area (Å²) in [4.78, 5) is 7.17. The molecule has 21 heavy (non-hydrogen) atoms. The Kier molecular flexibility index (Phi) is 3.80. The van der Waals surface area contributed by atoms with Gasteiger partial charge in [-0.15, -0.1) is 11.3 Å². The maximum atomic E-state index is 5.92. The van der Waals surface area contributed by atoms with Crippen LogP contribution in [0.5, 0.6) is 5.75 Å². The maximum absolute atomic E-state index is 5.92. The summed E-state index contributed by atoms with van der Waals surface area (Å²) in [7, 11) is 0. The number of nitrogens with one attached hydrogen (secondary N) is 1. The van der Waals surface area contributed by atoms with Gasteiger partial charge >= 0.3 is 0 Å². The van der Waals surface area contributed by atoms with Gasteiger partial charge in [-0.05, 0) is 31.0 Å². The lowest BCUT2D eigenvalue weighted by molar-refractivity contribution is 0.191. The van der Waals surface area contributed by atoms with Gasteiger partial charge in [-0.3, -0.25) is 4.90 Å². The highest BCUT2D eigenvalue weighted by atomic mass is 32.1. The van der Waals surface area contributed by atoms with Crippen LogP contribution in [0.15, 0.2) is 18.2 Å². The topological polar surface area (TPSA) is 37.4 Å². The van der Waals surface area contributed by atoms with E-state index in [1.807, 2.05) is 11.3 Å². The van der Waals surface area contributed by atoms with E-state index in [0.29, 0.717) is 0 Å². The zero-order valence-electron chi connectivity index (χ0n) is 12.2. The fourth-order valence-corrected chi connectivity index (χ4v) is 3.91. The first-order valence-electron chi connectivity index (χ1n) is 7.85. The summed E-state index contributed by atoms with van der Waals surface area (Å²) in [5, 5.41) is 4.68. The first kappa shape index (κ1) is 13.5. The number of aromatic nitrogens is 1. The summed E-state index contributed by atoms with van der Waals surface area (Å²) < 4.78 is 7.18. The lowest BCUT2D eigenvalue weighted by atomic mass is 10.3. The Morgan fingerprint density at radius 3 is 2.95 bits per heavy atom. The molecule has 4 rings (SSSR count). The lowest BCUT2D eigenvalue weighted by Gasteiger charge is -2.26. The van der Waals surface area contributed by atoms with E-state index < -0.39 is 0 Å². The normalized spacial score (nSPS) is 20.0. The van der Waals surface area contributed by atoms with Crippen LogP contribution in [0.4, 0.5) is 0 Å². The number of nitrogens with zero attached hydrogens (tertiary/aromatic N) is 2. The van der Waals surface area contributed by atoms with Crippen molar-refractivity contribution in [1.82, 2.24) is 15.2 Å². The molecule has 0 radical (unpaired) electrons. The molecule has 1 aromatic carbocycles. The Labute approximate surface area is 129 Å². The van der Waals surface area contributed by atoms with Crippen LogP contribution in [0, 0.1) is 0 Å². The molecule has 0 bridgehead atoms. The van der Waals surface area contributed by atoms with Crippen LogP contribution in [0.1, 0.15) is 23.8 Å². The van der Waals surface area contributed by atoms with Gasteiger partial charge in [0.05, 0.1) is 15.2 Å². The Hall–Kier alpha value is -1.17. The van der Waals surface area contributed by atoms with E-state index in [2.05, 4.69) is 28.4 Å². The number of piperazine rings is 1. The van der Waals surface area contributed by atoms with Crippen LogP contribution in [-0.4, -0.2) is 49.2 Å². The van der Waals surface area contributed by atoms with E-state index in [4.69, 9.17) is 9.72 Å². The summed E-state index contributed by atoms with van der Waals surface area (Å²) in [5.41, 5.74) is 1.12. The van der Waals surface area contributed by atoms with Gasteiger partial charge in [0, 0.05) is 38.6 Å². The molecule has 1 N–H and O–H groups in total. The van der Waals surface area contributed by atoms with Crippen LogP contribution in [0.2, 0.25) is 0 Å². The highest BCUT2D eigenvalue weighted by Gasteiger charge is 2.26. The summed E-state index contributed by atoms with van der Waals surface area (Å²) in [6.07, 6.45) is 2.63. The highest BCUT2D eigenvalue weighted by Crippen LogP contribution is 2.43. The molecule has 0 spiro atoms. The molecule has 4 nitrogen and oxygen atoms in total. The van der Waals surface area contributed by atoms with Crippen molar-refractivity contribution in [2.75, 3.05) is 39.3 Å². The van der Waals surface area contributed by atoms with E-state index in [9.17, 15) is 0 Å². The van der Waals surface area contributed by atoms with Crippen molar-refractivity contribution < 1.29 is 4.74 Å². The van der Waals surface area contributed by atoms with Crippen LogP contribution < -0.4 is 10.1 Å². The fraction of sp³-hybridized carbons (Fsp3) is 0.562. The van der Waals surface area contributed by atoms with E-state index in [-0.39, 0.29) is 0 Å². The van der Waals surface area contributed by atoms with Crippen molar-refractivity contribution >= 4 is 21.6 Å². The minimum Gasteiger partial charge on any atom is -0.492 e. The number of rotatable bonds is 5. The summed E-state index contributed by atoms with van der Waals surface area (Å²) in [5.74, 6) is 1.71. The molecular formula is C16H21N3OS. The molecule has 2 heterocycles. The van der Waals surface area contributed by atoms with Gasteiger partial charge in [0.2, 0.25) is 0 Å². The summed E-state index contributed by atoms with van der Waals surface area (Å²) in [6.45, 7) is 6.22. The van der Waals surface area contributed by atoms with Crippen molar-refractivity contribution in [3.63, 3.8) is 0 Å². The van der Waals surface area contributed by atoms with Gasteiger partial charge in [0.1, 0.15) is 12.4 Å². The average molecular weight is 303 g/mol.